The van der Waals surface area contributed by atoms with Crippen molar-refractivity contribution in [3.63, 3.8) is 0 Å². The number of anilines is 1. The molecule has 0 heterocycles. The monoisotopic (exact) mass is 426 g/mol. The molecular weight excluding hydrogens is 396 g/mol. The van der Waals surface area contributed by atoms with Crippen LogP contribution in [0.4, 0.5) is 10.5 Å². The average Bonchev–Trinajstić information content (AvgIpc) is 2.55. The summed E-state index contributed by atoms with van der Waals surface area (Å²) in [5, 5.41) is 3.01. The van der Waals surface area contributed by atoms with Gasteiger partial charge in [0.05, 0.1) is 11.6 Å². The van der Waals surface area contributed by atoms with E-state index in [0.29, 0.717) is 5.92 Å². The van der Waals surface area contributed by atoms with Gasteiger partial charge in [-0.05, 0) is 80.4 Å². The van der Waals surface area contributed by atoms with E-state index in [-0.39, 0.29) is 12.1 Å². The Morgan fingerprint density at radius 3 is 2.50 bits per heavy atom. The van der Waals surface area contributed by atoms with Crippen LogP contribution in [0.15, 0.2) is 22.7 Å². The van der Waals surface area contributed by atoms with Crippen molar-refractivity contribution in [1.82, 2.24) is 5.32 Å². The molecule has 1 N–H and O–H groups in total. The maximum Gasteiger partial charge on any atom is 0.407 e. The first-order valence-electron chi connectivity index (χ1n) is 9.22. The molecule has 5 nitrogen and oxygen atoms in total. The standard InChI is InChI=1S/C20H31BrN2O3/c1-20(2,3)26-19(24)22-15-8-6-14(7-9-15)13-23(4)16-10-11-17(21)18(12-16)25-5/h10-12,14-15H,6-9,13H2,1-5H3,(H,22,24). The Morgan fingerprint density at radius 1 is 1.27 bits per heavy atom. The molecule has 0 atom stereocenters. The second-order valence-electron chi connectivity index (χ2n) is 8.06. The van der Waals surface area contributed by atoms with Gasteiger partial charge in [-0.25, -0.2) is 4.79 Å². The number of methoxy groups -OCH3 is 1. The number of hydrogen-bond acceptors (Lipinski definition) is 4. The van der Waals surface area contributed by atoms with Gasteiger partial charge in [0, 0.05) is 31.4 Å². The summed E-state index contributed by atoms with van der Waals surface area (Å²) in [7, 11) is 3.80. The highest BCUT2D eigenvalue weighted by molar-refractivity contribution is 9.10. The zero-order chi connectivity index (χ0) is 19.3. The van der Waals surface area contributed by atoms with Crippen molar-refractivity contribution in [2.45, 2.75) is 58.1 Å². The van der Waals surface area contributed by atoms with Crippen molar-refractivity contribution in [3.05, 3.63) is 22.7 Å². The van der Waals surface area contributed by atoms with Crippen LogP contribution >= 0.6 is 15.9 Å². The second-order valence-corrected chi connectivity index (χ2v) is 8.92. The van der Waals surface area contributed by atoms with E-state index in [1.807, 2.05) is 26.8 Å². The normalized spacial score (nSPS) is 20.4. The first kappa shape index (κ1) is 20.9. The molecular formula is C20H31BrN2O3. The van der Waals surface area contributed by atoms with Gasteiger partial charge in [-0.3, -0.25) is 0 Å². The molecule has 1 aliphatic rings. The second kappa shape index (κ2) is 8.98. The van der Waals surface area contributed by atoms with E-state index in [2.05, 4.69) is 45.3 Å². The van der Waals surface area contributed by atoms with Crippen LogP contribution in [-0.4, -0.2) is 38.4 Å². The van der Waals surface area contributed by atoms with E-state index in [1.54, 1.807) is 7.11 Å². The highest BCUT2D eigenvalue weighted by atomic mass is 79.9. The number of alkyl carbamates (subject to hydrolysis) is 1. The minimum absolute atomic E-state index is 0.221. The van der Waals surface area contributed by atoms with Crippen LogP contribution in [-0.2, 0) is 4.74 Å². The minimum atomic E-state index is -0.449. The van der Waals surface area contributed by atoms with E-state index in [9.17, 15) is 4.79 Å². The molecule has 146 valence electrons. The third kappa shape index (κ3) is 6.38. The summed E-state index contributed by atoms with van der Waals surface area (Å²) >= 11 is 3.49. The number of hydrogen-bond donors (Lipinski definition) is 1. The van der Waals surface area contributed by atoms with Gasteiger partial charge in [0.25, 0.3) is 0 Å². The zero-order valence-corrected chi connectivity index (χ0v) is 18.1. The molecule has 1 fully saturated rings. The summed E-state index contributed by atoms with van der Waals surface area (Å²) < 4.78 is 11.7. The maximum atomic E-state index is 11.9. The molecule has 1 aliphatic carbocycles. The van der Waals surface area contributed by atoms with Gasteiger partial charge < -0.3 is 19.7 Å². The Kier molecular flexibility index (Phi) is 7.21. The van der Waals surface area contributed by atoms with Crippen LogP contribution < -0.4 is 15.0 Å². The molecule has 1 saturated carbocycles. The van der Waals surface area contributed by atoms with Crippen molar-refractivity contribution in [2.75, 3.05) is 25.6 Å². The SMILES string of the molecule is COc1cc(N(C)CC2CCC(NC(=O)OC(C)(C)C)CC2)ccc1Br. The smallest absolute Gasteiger partial charge is 0.407 e. The maximum absolute atomic E-state index is 11.9. The van der Waals surface area contributed by atoms with Gasteiger partial charge in [-0.1, -0.05) is 0 Å². The lowest BCUT2D eigenvalue weighted by molar-refractivity contribution is 0.0488. The zero-order valence-electron chi connectivity index (χ0n) is 16.5. The van der Waals surface area contributed by atoms with E-state index in [1.165, 1.54) is 0 Å². The summed E-state index contributed by atoms with van der Waals surface area (Å²) in [5.41, 5.74) is 0.703. The molecule has 1 aromatic rings. The number of benzene rings is 1. The third-order valence-corrected chi connectivity index (χ3v) is 5.33. The van der Waals surface area contributed by atoms with Crippen molar-refractivity contribution >= 4 is 27.7 Å². The molecule has 0 spiro atoms. The highest BCUT2D eigenvalue weighted by Crippen LogP contribution is 2.31. The summed E-state index contributed by atoms with van der Waals surface area (Å²) in [6, 6.07) is 6.40. The number of nitrogens with zero attached hydrogens (tertiary/aromatic N) is 1. The van der Waals surface area contributed by atoms with Crippen LogP contribution in [0.25, 0.3) is 0 Å². The highest BCUT2D eigenvalue weighted by Gasteiger charge is 2.25. The number of carbonyl (C=O) groups is 1. The van der Waals surface area contributed by atoms with Crippen LogP contribution in [0.1, 0.15) is 46.5 Å². The number of ether oxygens (including phenoxy) is 2. The minimum Gasteiger partial charge on any atom is -0.495 e. The number of amides is 1. The molecule has 2 rings (SSSR count). The van der Waals surface area contributed by atoms with Crippen molar-refractivity contribution in [2.24, 2.45) is 5.92 Å². The molecule has 0 radical (unpaired) electrons. The van der Waals surface area contributed by atoms with E-state index < -0.39 is 5.60 Å². The summed E-state index contributed by atoms with van der Waals surface area (Å²) in [4.78, 5) is 14.2. The third-order valence-electron chi connectivity index (χ3n) is 4.68. The average molecular weight is 427 g/mol. The van der Waals surface area contributed by atoms with Crippen molar-refractivity contribution in [3.8, 4) is 5.75 Å². The predicted octanol–water partition coefficient (Wildman–Crippen LogP) is 4.98. The topological polar surface area (TPSA) is 50.8 Å². The lowest BCUT2D eigenvalue weighted by Gasteiger charge is -2.33. The molecule has 6 heteroatoms. The molecule has 0 aromatic heterocycles. The summed E-state index contributed by atoms with van der Waals surface area (Å²) in [5.74, 6) is 1.48. The Hall–Kier alpha value is -1.43. The predicted molar refractivity (Wildman–Crippen MR) is 109 cm³/mol. The lowest BCUT2D eigenvalue weighted by Crippen LogP contribution is -2.41. The van der Waals surface area contributed by atoms with Crippen molar-refractivity contribution in [1.29, 1.82) is 0 Å². The molecule has 0 bridgehead atoms. The number of halogens is 1. The van der Waals surface area contributed by atoms with Gasteiger partial charge >= 0.3 is 6.09 Å². The molecule has 1 amide bonds. The summed E-state index contributed by atoms with van der Waals surface area (Å²) in [6.07, 6.45) is 3.92. The van der Waals surface area contributed by atoms with Gasteiger partial charge in [-0.2, -0.15) is 0 Å². The number of carbonyl (C=O) groups excluding carboxylic acids is 1. The number of nitrogens with one attached hydrogen (secondary N) is 1. The molecule has 0 aliphatic heterocycles. The van der Waals surface area contributed by atoms with E-state index in [4.69, 9.17) is 9.47 Å². The fraction of sp³-hybridized carbons (Fsp3) is 0.650. The Bertz CT molecular complexity index is 608. The summed E-state index contributed by atoms with van der Waals surface area (Å²) in [6.45, 7) is 6.66. The van der Waals surface area contributed by atoms with Crippen LogP contribution in [0.3, 0.4) is 0 Å². The largest absolute Gasteiger partial charge is 0.495 e. The van der Waals surface area contributed by atoms with E-state index >= 15 is 0 Å². The molecule has 0 unspecified atom stereocenters. The quantitative estimate of drug-likeness (QED) is 0.721. The lowest BCUT2D eigenvalue weighted by atomic mass is 9.85. The van der Waals surface area contributed by atoms with E-state index in [0.717, 1.165) is 48.1 Å². The first-order chi connectivity index (χ1) is 12.2. The molecule has 0 saturated heterocycles. The van der Waals surface area contributed by atoms with Gasteiger partial charge in [-0.15, -0.1) is 0 Å². The van der Waals surface area contributed by atoms with Gasteiger partial charge in [0.2, 0.25) is 0 Å². The van der Waals surface area contributed by atoms with Crippen LogP contribution in [0.2, 0.25) is 0 Å². The van der Waals surface area contributed by atoms with Crippen LogP contribution in [0, 0.1) is 5.92 Å². The Labute approximate surface area is 165 Å². The van der Waals surface area contributed by atoms with Crippen LogP contribution in [0.5, 0.6) is 5.75 Å². The Morgan fingerprint density at radius 2 is 1.92 bits per heavy atom. The number of rotatable bonds is 5. The van der Waals surface area contributed by atoms with Gasteiger partial charge in [0.1, 0.15) is 11.4 Å². The molecule has 1 aromatic carbocycles. The Balaban J connectivity index is 1.80. The fourth-order valence-electron chi connectivity index (χ4n) is 3.34. The van der Waals surface area contributed by atoms with Gasteiger partial charge in [0.15, 0.2) is 0 Å². The van der Waals surface area contributed by atoms with Crippen molar-refractivity contribution < 1.29 is 14.3 Å². The first-order valence-corrected chi connectivity index (χ1v) is 10.0. The fourth-order valence-corrected chi connectivity index (χ4v) is 3.75. The molecule has 26 heavy (non-hydrogen) atoms.